The zero-order valence-electron chi connectivity index (χ0n) is 14.3. The van der Waals surface area contributed by atoms with Crippen LogP contribution in [0.3, 0.4) is 0 Å². The molecular formula is C19H22N4O. The van der Waals surface area contributed by atoms with Crippen molar-refractivity contribution in [1.82, 2.24) is 19.9 Å². The summed E-state index contributed by atoms with van der Waals surface area (Å²) in [5, 5.41) is 7.43. The van der Waals surface area contributed by atoms with Gasteiger partial charge in [-0.2, -0.15) is 5.10 Å². The number of hydrogen-bond donors (Lipinski definition) is 1. The Bertz CT molecular complexity index is 854. The van der Waals surface area contributed by atoms with Crippen LogP contribution in [0.25, 0.3) is 5.65 Å². The highest BCUT2D eigenvalue weighted by Gasteiger charge is 2.16. The average Bonchev–Trinajstić information content (AvgIpc) is 2.98. The van der Waals surface area contributed by atoms with Gasteiger partial charge in [-0.1, -0.05) is 37.3 Å². The molecule has 0 spiro atoms. The van der Waals surface area contributed by atoms with Crippen molar-refractivity contribution in [3.63, 3.8) is 0 Å². The lowest BCUT2D eigenvalue weighted by atomic mass is 9.96. The van der Waals surface area contributed by atoms with E-state index in [2.05, 4.69) is 34.5 Å². The molecule has 0 aliphatic heterocycles. The second-order valence-electron chi connectivity index (χ2n) is 6.04. The van der Waals surface area contributed by atoms with Gasteiger partial charge in [-0.05, 0) is 25.8 Å². The van der Waals surface area contributed by atoms with Crippen molar-refractivity contribution in [2.45, 2.75) is 33.1 Å². The molecule has 1 unspecified atom stereocenters. The van der Waals surface area contributed by atoms with Crippen LogP contribution in [-0.4, -0.2) is 27.0 Å². The van der Waals surface area contributed by atoms with Gasteiger partial charge in [0.15, 0.2) is 5.65 Å². The summed E-state index contributed by atoms with van der Waals surface area (Å²) in [6.07, 6.45) is 2.60. The first-order chi connectivity index (χ1) is 11.6. The summed E-state index contributed by atoms with van der Waals surface area (Å²) in [4.78, 5) is 16.9. The molecule has 3 aromatic rings. The zero-order valence-corrected chi connectivity index (χ0v) is 14.3. The summed E-state index contributed by atoms with van der Waals surface area (Å²) in [6.45, 7) is 6.55. The number of aromatic nitrogens is 3. The van der Waals surface area contributed by atoms with Crippen LogP contribution in [0.2, 0.25) is 0 Å². The minimum atomic E-state index is -0.107. The van der Waals surface area contributed by atoms with Crippen LogP contribution in [0, 0.1) is 13.8 Å². The van der Waals surface area contributed by atoms with Crippen molar-refractivity contribution >= 4 is 11.6 Å². The van der Waals surface area contributed by atoms with Gasteiger partial charge in [-0.25, -0.2) is 9.50 Å². The monoisotopic (exact) mass is 322 g/mol. The van der Waals surface area contributed by atoms with E-state index in [1.807, 2.05) is 38.1 Å². The van der Waals surface area contributed by atoms with E-state index >= 15 is 0 Å². The maximum atomic E-state index is 12.6. The second-order valence-corrected chi connectivity index (χ2v) is 6.04. The largest absolute Gasteiger partial charge is 0.351 e. The van der Waals surface area contributed by atoms with Crippen LogP contribution in [0.15, 0.2) is 42.6 Å². The Balaban J connectivity index is 1.76. The van der Waals surface area contributed by atoms with Gasteiger partial charge >= 0.3 is 0 Å². The average molecular weight is 322 g/mol. The third-order valence-corrected chi connectivity index (χ3v) is 4.36. The van der Waals surface area contributed by atoms with Crippen LogP contribution in [0.5, 0.6) is 0 Å². The standard InChI is InChI=1S/C19H22N4O/c1-4-15(16-8-6-5-7-9-16)11-21-19(24)17-12-20-18-10-13(2)22-23(18)14(17)3/h5-10,12,15H,4,11H2,1-3H3,(H,21,24). The number of carbonyl (C=O) groups excluding carboxylic acids is 1. The lowest BCUT2D eigenvalue weighted by Crippen LogP contribution is -2.29. The van der Waals surface area contributed by atoms with Gasteiger partial charge in [-0.15, -0.1) is 0 Å². The van der Waals surface area contributed by atoms with Crippen molar-refractivity contribution in [3.05, 3.63) is 65.1 Å². The van der Waals surface area contributed by atoms with Crippen LogP contribution in [0.4, 0.5) is 0 Å². The Morgan fingerprint density at radius 3 is 2.71 bits per heavy atom. The highest BCUT2D eigenvalue weighted by atomic mass is 16.1. The summed E-state index contributed by atoms with van der Waals surface area (Å²) in [7, 11) is 0. The van der Waals surface area contributed by atoms with E-state index in [0.29, 0.717) is 18.0 Å². The molecule has 0 aliphatic carbocycles. The highest BCUT2D eigenvalue weighted by molar-refractivity contribution is 5.95. The van der Waals surface area contributed by atoms with E-state index in [-0.39, 0.29) is 5.91 Å². The molecule has 3 rings (SSSR count). The molecule has 1 N–H and O–H groups in total. The van der Waals surface area contributed by atoms with E-state index in [1.165, 1.54) is 5.56 Å². The van der Waals surface area contributed by atoms with E-state index in [1.54, 1.807) is 10.7 Å². The SMILES string of the molecule is CCC(CNC(=O)c1cnc2cc(C)nn2c1C)c1ccccc1. The molecule has 1 aromatic carbocycles. The molecule has 0 saturated heterocycles. The quantitative estimate of drug-likeness (QED) is 0.784. The predicted molar refractivity (Wildman–Crippen MR) is 94.3 cm³/mol. The number of nitrogens with zero attached hydrogens (tertiary/aromatic N) is 3. The molecule has 2 aromatic heterocycles. The summed E-state index contributed by atoms with van der Waals surface area (Å²) < 4.78 is 1.72. The Kier molecular flexibility index (Phi) is 4.60. The Hall–Kier alpha value is -2.69. The van der Waals surface area contributed by atoms with E-state index in [4.69, 9.17) is 0 Å². The fraction of sp³-hybridized carbons (Fsp3) is 0.316. The van der Waals surface area contributed by atoms with Crippen molar-refractivity contribution in [2.75, 3.05) is 6.54 Å². The van der Waals surface area contributed by atoms with Gasteiger partial charge < -0.3 is 5.32 Å². The van der Waals surface area contributed by atoms with Crippen LogP contribution >= 0.6 is 0 Å². The third-order valence-electron chi connectivity index (χ3n) is 4.36. The van der Waals surface area contributed by atoms with Crippen LogP contribution in [-0.2, 0) is 0 Å². The fourth-order valence-corrected chi connectivity index (χ4v) is 2.92. The number of aryl methyl sites for hydroxylation is 2. The summed E-state index contributed by atoms with van der Waals surface area (Å²) >= 11 is 0. The molecule has 5 nitrogen and oxygen atoms in total. The number of hydrogen-bond acceptors (Lipinski definition) is 3. The van der Waals surface area contributed by atoms with Crippen LogP contribution in [0.1, 0.15) is 46.6 Å². The summed E-state index contributed by atoms with van der Waals surface area (Å²) in [6, 6.07) is 12.2. The lowest BCUT2D eigenvalue weighted by molar-refractivity contribution is 0.0949. The maximum Gasteiger partial charge on any atom is 0.254 e. The molecule has 24 heavy (non-hydrogen) atoms. The predicted octanol–water partition coefficient (Wildman–Crippen LogP) is 3.27. The van der Waals surface area contributed by atoms with Gasteiger partial charge in [0.05, 0.1) is 17.0 Å². The first-order valence-electron chi connectivity index (χ1n) is 8.25. The molecule has 124 valence electrons. The molecule has 0 radical (unpaired) electrons. The molecule has 1 amide bonds. The van der Waals surface area contributed by atoms with Gasteiger partial charge in [0, 0.05) is 24.7 Å². The van der Waals surface area contributed by atoms with Crippen molar-refractivity contribution in [2.24, 2.45) is 0 Å². The molecule has 0 aliphatic rings. The summed E-state index contributed by atoms with van der Waals surface area (Å²) in [5.41, 5.74) is 4.26. The number of fused-ring (bicyclic) bond motifs is 1. The van der Waals surface area contributed by atoms with Gasteiger partial charge in [0.2, 0.25) is 0 Å². The highest BCUT2D eigenvalue weighted by Crippen LogP contribution is 2.18. The van der Waals surface area contributed by atoms with Gasteiger partial charge in [-0.3, -0.25) is 4.79 Å². The maximum absolute atomic E-state index is 12.6. The number of benzene rings is 1. The second kappa shape index (κ2) is 6.83. The van der Waals surface area contributed by atoms with E-state index < -0.39 is 0 Å². The first kappa shape index (κ1) is 16.2. The molecule has 1 atom stereocenters. The minimum Gasteiger partial charge on any atom is -0.351 e. The van der Waals surface area contributed by atoms with Crippen LogP contribution < -0.4 is 5.32 Å². The third kappa shape index (κ3) is 3.15. The molecule has 0 fully saturated rings. The fourth-order valence-electron chi connectivity index (χ4n) is 2.92. The number of carbonyl (C=O) groups is 1. The molecule has 5 heteroatoms. The lowest BCUT2D eigenvalue weighted by Gasteiger charge is -2.16. The number of rotatable bonds is 5. The van der Waals surface area contributed by atoms with Crippen molar-refractivity contribution in [1.29, 1.82) is 0 Å². The molecule has 0 saturated carbocycles. The van der Waals surface area contributed by atoms with E-state index in [9.17, 15) is 4.79 Å². The minimum absolute atomic E-state index is 0.107. The number of nitrogens with one attached hydrogen (secondary N) is 1. The topological polar surface area (TPSA) is 59.3 Å². The zero-order chi connectivity index (χ0) is 17.1. The molecular weight excluding hydrogens is 300 g/mol. The Morgan fingerprint density at radius 1 is 1.25 bits per heavy atom. The van der Waals surface area contributed by atoms with Gasteiger partial charge in [0.1, 0.15) is 0 Å². The molecule has 2 heterocycles. The molecule has 0 bridgehead atoms. The van der Waals surface area contributed by atoms with Crippen molar-refractivity contribution in [3.8, 4) is 0 Å². The van der Waals surface area contributed by atoms with E-state index in [0.717, 1.165) is 23.5 Å². The normalized spacial score (nSPS) is 12.3. The first-order valence-corrected chi connectivity index (χ1v) is 8.25. The smallest absolute Gasteiger partial charge is 0.254 e. The Labute approximate surface area is 141 Å². The van der Waals surface area contributed by atoms with Crippen molar-refractivity contribution < 1.29 is 4.79 Å². The van der Waals surface area contributed by atoms with Gasteiger partial charge in [0.25, 0.3) is 5.91 Å². The summed E-state index contributed by atoms with van der Waals surface area (Å²) in [5.74, 6) is 0.198. The Morgan fingerprint density at radius 2 is 2.00 bits per heavy atom. The number of amides is 1.